The van der Waals surface area contributed by atoms with Crippen molar-refractivity contribution >= 4 is 23.4 Å². The summed E-state index contributed by atoms with van der Waals surface area (Å²) in [6.07, 6.45) is 0.618. The van der Waals surface area contributed by atoms with Crippen molar-refractivity contribution in [2.45, 2.75) is 166 Å². The molecule has 2 bridgehead atoms. The maximum absolute atomic E-state index is 14.3. The summed E-state index contributed by atoms with van der Waals surface area (Å²) in [5.74, 6) is -8.59. The number of carbonyl (C=O) groups excluding carboxylic acids is 4. The van der Waals surface area contributed by atoms with E-state index in [1.807, 2.05) is 19.9 Å². The topological polar surface area (TPSA) is 199 Å². The average Bonchev–Trinajstić information content (AvgIpc) is 3.20. The number of hydrogen-bond acceptors (Lipinski definition) is 13. The monoisotopic (exact) mass is 807 g/mol. The van der Waals surface area contributed by atoms with Crippen molar-refractivity contribution in [3.63, 3.8) is 0 Å². The molecular weight excluding hydrogens is 738 g/mol. The molecule has 0 unspecified atom stereocenters. The van der Waals surface area contributed by atoms with E-state index in [2.05, 4.69) is 0 Å². The largest absolute Gasteiger partial charge is 0.456 e. The second kappa shape index (κ2) is 20.6. The minimum atomic E-state index is -2.57. The van der Waals surface area contributed by atoms with Crippen molar-refractivity contribution in [2.75, 3.05) is 27.9 Å². The summed E-state index contributed by atoms with van der Waals surface area (Å²) in [7, 11) is 4.49. The molecule has 4 rings (SSSR count). The Kier molecular flexibility index (Phi) is 17.0. The molecule has 0 aromatic carbocycles. The van der Waals surface area contributed by atoms with Crippen molar-refractivity contribution in [2.24, 2.45) is 29.6 Å². The van der Waals surface area contributed by atoms with Gasteiger partial charge in [0.05, 0.1) is 36.6 Å². The van der Waals surface area contributed by atoms with E-state index in [0.717, 1.165) is 4.90 Å². The maximum atomic E-state index is 14.3. The van der Waals surface area contributed by atoms with Crippen LogP contribution in [0.15, 0.2) is 23.3 Å². The summed E-state index contributed by atoms with van der Waals surface area (Å²) in [6.45, 7) is 10.6. The number of allylic oxidation sites excluding steroid dienone is 2. The molecule has 14 heteroatoms. The Morgan fingerprint density at radius 3 is 2.19 bits per heavy atom. The van der Waals surface area contributed by atoms with Gasteiger partial charge in [-0.25, -0.2) is 4.79 Å². The molecule has 2 saturated heterocycles. The number of piperidine rings is 1. The molecule has 57 heavy (non-hydrogen) atoms. The molecule has 1 saturated carbocycles. The fourth-order valence-electron chi connectivity index (χ4n) is 9.31. The smallest absolute Gasteiger partial charge is 0.329 e. The van der Waals surface area contributed by atoms with Crippen LogP contribution in [-0.4, -0.2) is 137 Å². The first-order valence-corrected chi connectivity index (χ1v) is 20.9. The van der Waals surface area contributed by atoms with Gasteiger partial charge in [0.25, 0.3) is 11.7 Å². The van der Waals surface area contributed by atoms with E-state index in [4.69, 9.17) is 23.7 Å². The Hall–Kier alpha value is -2.56. The summed E-state index contributed by atoms with van der Waals surface area (Å²) >= 11 is 0. The molecule has 1 amide bonds. The second-order valence-electron chi connectivity index (χ2n) is 17.2. The van der Waals surface area contributed by atoms with Gasteiger partial charge in [-0.2, -0.15) is 0 Å². The van der Waals surface area contributed by atoms with E-state index in [9.17, 15) is 39.6 Å². The van der Waals surface area contributed by atoms with Crippen molar-refractivity contribution in [1.29, 1.82) is 0 Å². The zero-order valence-corrected chi connectivity index (χ0v) is 35.4. The molecular formula is C43H69NO13. The average molecular weight is 808 g/mol. The lowest BCUT2D eigenvalue weighted by Crippen LogP contribution is -2.64. The highest BCUT2D eigenvalue weighted by molar-refractivity contribution is 6.39. The third-order valence-corrected chi connectivity index (χ3v) is 13.2. The lowest BCUT2D eigenvalue weighted by Gasteiger charge is -2.47. The zero-order chi connectivity index (χ0) is 42.4. The number of ether oxygens (including phenoxy) is 5. The van der Waals surface area contributed by atoms with Gasteiger partial charge in [-0.15, -0.1) is 0 Å². The molecule has 0 radical (unpaired) electrons. The number of cyclic esters (lactones) is 1. The van der Waals surface area contributed by atoms with Gasteiger partial charge < -0.3 is 49.0 Å². The standard InChI is InChI=1S/C43H69NO13/c1-10-29-18-23(2)37(48)24(3)19-35(54-8)39-36(55-9)20-26(5)43(52,57-39)40(49)41(50)44-16-12-11-13-30(44)42(51)56-38(27(6)32(46)22-33(29)47)25(4)17-28-14-15-31(45)34(21-28)53-7/h17-18,24,26-32,34-39,45-46,48,52H,10-16,19-22H2,1-9H3/b23-18+,25-17+/t24-,26-,27-,28+,29-,30+,31-,32+,34-,35+,36+,37+,38-,39-,43-/m1/s1. The Morgan fingerprint density at radius 2 is 1.56 bits per heavy atom. The number of fused-ring (bicyclic) bond motifs is 3. The first-order valence-electron chi connectivity index (χ1n) is 20.9. The fraction of sp³-hybridized carbons (Fsp3) is 0.814. The number of amides is 1. The highest BCUT2D eigenvalue weighted by Crippen LogP contribution is 2.39. The first kappa shape index (κ1) is 47.1. The first-order chi connectivity index (χ1) is 26.9. The van der Waals surface area contributed by atoms with E-state index in [1.54, 1.807) is 40.9 Å². The van der Waals surface area contributed by atoms with Gasteiger partial charge in [0.1, 0.15) is 24.0 Å². The van der Waals surface area contributed by atoms with Gasteiger partial charge in [-0.05, 0) is 94.6 Å². The normalized spacial score (nSPS) is 42.4. The number of carbonyl (C=O) groups is 4. The molecule has 0 spiro atoms. The van der Waals surface area contributed by atoms with Crippen LogP contribution in [0.3, 0.4) is 0 Å². The van der Waals surface area contributed by atoms with Gasteiger partial charge >= 0.3 is 5.97 Å². The van der Waals surface area contributed by atoms with Gasteiger partial charge in [0, 0.05) is 52.0 Å². The lowest BCUT2D eigenvalue weighted by atomic mass is 9.81. The van der Waals surface area contributed by atoms with Crippen LogP contribution in [0.5, 0.6) is 0 Å². The number of rotatable bonds is 6. The fourth-order valence-corrected chi connectivity index (χ4v) is 9.31. The number of nitrogens with zero attached hydrogens (tertiary/aromatic N) is 1. The summed E-state index contributed by atoms with van der Waals surface area (Å²) in [6, 6.07) is -1.16. The molecule has 3 heterocycles. The van der Waals surface area contributed by atoms with Gasteiger partial charge in [-0.3, -0.25) is 14.4 Å². The predicted molar refractivity (Wildman–Crippen MR) is 209 cm³/mol. The summed E-state index contributed by atoms with van der Waals surface area (Å²) < 4.78 is 29.6. The Balaban J connectivity index is 1.79. The van der Waals surface area contributed by atoms with Crippen molar-refractivity contribution < 1.29 is 63.3 Å². The Morgan fingerprint density at radius 1 is 0.912 bits per heavy atom. The number of ketones is 2. The van der Waals surface area contributed by atoms with Crippen LogP contribution in [0.25, 0.3) is 0 Å². The third-order valence-electron chi connectivity index (χ3n) is 13.2. The van der Waals surface area contributed by atoms with Crippen LogP contribution in [0, 0.1) is 29.6 Å². The second-order valence-corrected chi connectivity index (χ2v) is 17.2. The predicted octanol–water partition coefficient (Wildman–Crippen LogP) is 3.44. The lowest BCUT2D eigenvalue weighted by molar-refractivity contribution is -0.302. The number of methoxy groups -OCH3 is 3. The number of aliphatic hydroxyl groups is 4. The van der Waals surface area contributed by atoms with E-state index in [-0.39, 0.29) is 50.0 Å². The summed E-state index contributed by atoms with van der Waals surface area (Å²) in [5.41, 5.74) is 1.19. The van der Waals surface area contributed by atoms with Crippen LogP contribution in [0.2, 0.25) is 0 Å². The zero-order valence-electron chi connectivity index (χ0n) is 35.4. The van der Waals surface area contributed by atoms with Crippen LogP contribution in [-0.2, 0) is 42.9 Å². The summed E-state index contributed by atoms with van der Waals surface area (Å²) in [4.78, 5) is 57.7. The summed E-state index contributed by atoms with van der Waals surface area (Å²) in [5, 5.41) is 45.6. The van der Waals surface area contributed by atoms with Crippen LogP contribution in [0.4, 0.5) is 0 Å². The molecule has 0 aromatic rings. The molecule has 14 nitrogen and oxygen atoms in total. The molecule has 324 valence electrons. The molecule has 4 aliphatic rings. The minimum absolute atomic E-state index is 0.0255. The molecule has 15 atom stereocenters. The van der Waals surface area contributed by atoms with Crippen LogP contribution < -0.4 is 0 Å². The maximum Gasteiger partial charge on any atom is 0.329 e. The van der Waals surface area contributed by atoms with Gasteiger partial charge in [0.2, 0.25) is 5.79 Å². The molecule has 1 aliphatic carbocycles. The number of aliphatic hydroxyl groups excluding tert-OH is 3. The highest BCUT2D eigenvalue weighted by atomic mass is 16.7. The minimum Gasteiger partial charge on any atom is -0.456 e. The Labute approximate surface area is 338 Å². The molecule has 0 aromatic heterocycles. The highest BCUT2D eigenvalue weighted by Gasteiger charge is 2.56. The Bertz CT molecular complexity index is 1470. The molecule has 3 aliphatic heterocycles. The van der Waals surface area contributed by atoms with E-state index in [0.29, 0.717) is 49.7 Å². The quantitative estimate of drug-likeness (QED) is 0.173. The number of Topliss-reactive ketones (excluding diaryl/α,β-unsaturated/α-hetero) is 2. The van der Waals surface area contributed by atoms with E-state index in [1.165, 1.54) is 14.2 Å². The van der Waals surface area contributed by atoms with Gasteiger partial charge in [-0.1, -0.05) is 39.8 Å². The van der Waals surface area contributed by atoms with E-state index < -0.39 is 95.9 Å². The third kappa shape index (κ3) is 10.8. The molecule has 3 fully saturated rings. The molecule has 4 N–H and O–H groups in total. The van der Waals surface area contributed by atoms with Crippen LogP contribution >= 0.6 is 0 Å². The van der Waals surface area contributed by atoms with Crippen molar-refractivity contribution in [3.05, 3.63) is 23.3 Å². The SMILES string of the molecule is CC[C@@H]1/C=C(\C)[C@H](O)[C@H](C)C[C@H](OC)[C@H]2O[C@@](O)(C(=O)C(=O)N3CCCC[C@H]3C(=O)O[C@H](/C(C)=C/[C@@H]3CC[C@@H](O)[C@H](OC)C3)[C@H](C)[C@@H](O)CC1=O)[C@H](C)C[C@@H]2OC. The number of esters is 1. The van der Waals surface area contributed by atoms with Gasteiger partial charge in [0.15, 0.2) is 0 Å². The van der Waals surface area contributed by atoms with E-state index >= 15 is 0 Å². The van der Waals surface area contributed by atoms with Crippen molar-refractivity contribution in [3.8, 4) is 0 Å². The number of hydrogen-bond donors (Lipinski definition) is 4. The van der Waals surface area contributed by atoms with Crippen molar-refractivity contribution in [1.82, 2.24) is 4.90 Å². The van der Waals surface area contributed by atoms with Crippen LogP contribution in [0.1, 0.15) is 106 Å².